The summed E-state index contributed by atoms with van der Waals surface area (Å²) in [5, 5.41) is 15.1. The predicted octanol–water partition coefficient (Wildman–Crippen LogP) is 0.926. The van der Waals surface area contributed by atoms with Crippen molar-refractivity contribution in [3.05, 3.63) is 11.7 Å². The molecule has 0 fully saturated rings. The molecule has 7 heteroatoms. The number of carboxylic acid groups (broad SMARTS) is 1. The number of aliphatic carboxylic acids is 1. The van der Waals surface area contributed by atoms with Crippen molar-refractivity contribution in [2.75, 3.05) is 0 Å². The highest BCUT2D eigenvalue weighted by molar-refractivity contribution is 5.83. The molecule has 1 rings (SSSR count). The van der Waals surface area contributed by atoms with Crippen LogP contribution in [-0.4, -0.2) is 33.2 Å². The molecular weight excluding hydrogens is 250 g/mol. The van der Waals surface area contributed by atoms with Gasteiger partial charge in [0, 0.05) is 12.8 Å². The van der Waals surface area contributed by atoms with Gasteiger partial charge in [0.05, 0.1) is 0 Å². The number of carboxylic acids is 1. The third-order valence-electron chi connectivity index (χ3n) is 2.61. The van der Waals surface area contributed by atoms with Crippen molar-refractivity contribution in [2.24, 2.45) is 5.92 Å². The quantitative estimate of drug-likeness (QED) is 0.762. The maximum atomic E-state index is 11.6. The zero-order chi connectivity index (χ0) is 14.4. The zero-order valence-corrected chi connectivity index (χ0v) is 11.3. The Balaban J connectivity index is 2.33. The zero-order valence-electron chi connectivity index (χ0n) is 11.3. The Hall–Kier alpha value is -1.92. The number of hydrogen-bond donors (Lipinski definition) is 2. The van der Waals surface area contributed by atoms with E-state index in [2.05, 4.69) is 15.5 Å². The molecular formula is C12H19N3O4. The summed E-state index contributed by atoms with van der Waals surface area (Å²) in [5.41, 5.74) is 0. The Bertz CT molecular complexity index is 442. The fourth-order valence-electron chi connectivity index (χ4n) is 1.60. The van der Waals surface area contributed by atoms with Crippen LogP contribution in [0.15, 0.2) is 4.52 Å². The minimum atomic E-state index is -1.02. The van der Waals surface area contributed by atoms with E-state index in [-0.39, 0.29) is 18.2 Å². The first-order valence-corrected chi connectivity index (χ1v) is 6.21. The van der Waals surface area contributed by atoms with Gasteiger partial charge in [-0.3, -0.25) is 4.79 Å². The van der Waals surface area contributed by atoms with Crippen LogP contribution >= 0.6 is 0 Å². The van der Waals surface area contributed by atoms with E-state index < -0.39 is 12.0 Å². The Kier molecular flexibility index (Phi) is 5.47. The molecule has 0 aromatic carbocycles. The van der Waals surface area contributed by atoms with Gasteiger partial charge in [-0.1, -0.05) is 19.0 Å². The third-order valence-corrected chi connectivity index (χ3v) is 2.61. The molecule has 7 nitrogen and oxygen atoms in total. The molecule has 0 saturated carbocycles. The van der Waals surface area contributed by atoms with Crippen molar-refractivity contribution in [2.45, 2.75) is 46.1 Å². The molecule has 2 N–H and O–H groups in total. The van der Waals surface area contributed by atoms with E-state index in [1.807, 2.05) is 0 Å². The van der Waals surface area contributed by atoms with E-state index in [9.17, 15) is 9.59 Å². The van der Waals surface area contributed by atoms with Crippen LogP contribution < -0.4 is 5.32 Å². The highest BCUT2D eigenvalue weighted by atomic mass is 16.5. The predicted molar refractivity (Wildman–Crippen MR) is 66.4 cm³/mol. The summed E-state index contributed by atoms with van der Waals surface area (Å²) in [6.45, 7) is 5.22. The summed E-state index contributed by atoms with van der Waals surface area (Å²) in [6.07, 6.45) is 1.28. The van der Waals surface area contributed by atoms with E-state index in [1.54, 1.807) is 20.8 Å². The second kappa shape index (κ2) is 6.86. The Morgan fingerprint density at radius 1 is 1.42 bits per heavy atom. The van der Waals surface area contributed by atoms with E-state index in [0.717, 1.165) is 0 Å². The van der Waals surface area contributed by atoms with Crippen molar-refractivity contribution < 1.29 is 19.2 Å². The highest BCUT2D eigenvalue weighted by Crippen LogP contribution is 2.05. The summed E-state index contributed by atoms with van der Waals surface area (Å²) in [7, 11) is 0. The van der Waals surface area contributed by atoms with E-state index in [0.29, 0.717) is 24.6 Å². The summed E-state index contributed by atoms with van der Waals surface area (Å²) >= 11 is 0. The van der Waals surface area contributed by atoms with Crippen LogP contribution in [0.2, 0.25) is 0 Å². The van der Waals surface area contributed by atoms with Gasteiger partial charge in [0.1, 0.15) is 6.04 Å². The van der Waals surface area contributed by atoms with E-state index in [1.165, 1.54) is 0 Å². The van der Waals surface area contributed by atoms with Gasteiger partial charge in [-0.2, -0.15) is 4.98 Å². The number of aryl methyl sites for hydroxylation is 2. The fraction of sp³-hybridized carbons (Fsp3) is 0.667. The van der Waals surface area contributed by atoms with Crippen molar-refractivity contribution >= 4 is 11.9 Å². The van der Waals surface area contributed by atoms with Crippen molar-refractivity contribution in [1.82, 2.24) is 15.5 Å². The lowest BCUT2D eigenvalue weighted by molar-refractivity contribution is -0.143. The maximum absolute atomic E-state index is 11.6. The van der Waals surface area contributed by atoms with E-state index in [4.69, 9.17) is 9.63 Å². The minimum Gasteiger partial charge on any atom is -0.480 e. The standard InChI is InChI=1S/C12H19N3O4/c1-7(2)11(12(17)18)14-9(16)5-4-6-10-13-8(3)15-19-10/h7,11H,4-6H2,1-3H3,(H,14,16)(H,17,18)/t11-/m0/s1. The molecule has 1 aromatic rings. The molecule has 1 atom stereocenters. The van der Waals surface area contributed by atoms with Crippen LogP contribution in [0.5, 0.6) is 0 Å². The van der Waals surface area contributed by atoms with Crippen LogP contribution in [0.3, 0.4) is 0 Å². The molecule has 1 amide bonds. The van der Waals surface area contributed by atoms with Gasteiger partial charge >= 0.3 is 5.97 Å². The molecule has 0 spiro atoms. The van der Waals surface area contributed by atoms with Gasteiger partial charge in [0.15, 0.2) is 5.82 Å². The molecule has 0 saturated heterocycles. The summed E-state index contributed by atoms with van der Waals surface area (Å²) in [5.74, 6) is -0.401. The number of rotatable bonds is 7. The van der Waals surface area contributed by atoms with Gasteiger partial charge < -0.3 is 14.9 Å². The molecule has 19 heavy (non-hydrogen) atoms. The van der Waals surface area contributed by atoms with Crippen molar-refractivity contribution in [3.63, 3.8) is 0 Å². The number of carbonyl (C=O) groups excluding carboxylic acids is 1. The minimum absolute atomic E-state index is 0.153. The maximum Gasteiger partial charge on any atom is 0.326 e. The summed E-state index contributed by atoms with van der Waals surface area (Å²) in [4.78, 5) is 26.6. The normalized spacial score (nSPS) is 12.4. The van der Waals surface area contributed by atoms with Gasteiger partial charge in [0.25, 0.3) is 0 Å². The van der Waals surface area contributed by atoms with Crippen LogP contribution in [-0.2, 0) is 16.0 Å². The van der Waals surface area contributed by atoms with Crippen LogP contribution in [0, 0.1) is 12.8 Å². The first kappa shape index (κ1) is 15.1. The molecule has 0 aliphatic heterocycles. The molecule has 0 aliphatic rings. The number of amides is 1. The average molecular weight is 269 g/mol. The molecule has 106 valence electrons. The van der Waals surface area contributed by atoms with Crippen LogP contribution in [0.1, 0.15) is 38.4 Å². The first-order chi connectivity index (χ1) is 8.90. The second-order valence-corrected chi connectivity index (χ2v) is 4.72. The molecule has 0 bridgehead atoms. The Labute approximate surface area is 111 Å². The molecule has 0 radical (unpaired) electrons. The molecule has 0 unspecified atom stereocenters. The van der Waals surface area contributed by atoms with Gasteiger partial charge in [-0.05, 0) is 19.3 Å². The number of carbonyl (C=O) groups is 2. The van der Waals surface area contributed by atoms with Crippen molar-refractivity contribution in [3.8, 4) is 0 Å². The van der Waals surface area contributed by atoms with Crippen LogP contribution in [0.4, 0.5) is 0 Å². The SMILES string of the molecule is Cc1noc(CCCC(=O)N[C@H](C(=O)O)C(C)C)n1. The lowest BCUT2D eigenvalue weighted by Gasteiger charge is -2.17. The fourth-order valence-corrected chi connectivity index (χ4v) is 1.60. The Morgan fingerprint density at radius 3 is 2.58 bits per heavy atom. The number of nitrogens with zero attached hydrogens (tertiary/aromatic N) is 2. The van der Waals surface area contributed by atoms with Crippen molar-refractivity contribution in [1.29, 1.82) is 0 Å². The lowest BCUT2D eigenvalue weighted by Crippen LogP contribution is -2.44. The second-order valence-electron chi connectivity index (χ2n) is 4.72. The molecule has 1 heterocycles. The highest BCUT2D eigenvalue weighted by Gasteiger charge is 2.23. The lowest BCUT2D eigenvalue weighted by atomic mass is 10.0. The smallest absolute Gasteiger partial charge is 0.326 e. The third kappa shape index (κ3) is 5.07. The molecule has 0 aliphatic carbocycles. The number of aromatic nitrogens is 2. The van der Waals surface area contributed by atoms with E-state index >= 15 is 0 Å². The van der Waals surface area contributed by atoms with Crippen LogP contribution in [0.25, 0.3) is 0 Å². The van der Waals surface area contributed by atoms with Gasteiger partial charge in [-0.25, -0.2) is 4.79 Å². The molecule has 1 aromatic heterocycles. The van der Waals surface area contributed by atoms with Gasteiger partial charge in [0.2, 0.25) is 11.8 Å². The van der Waals surface area contributed by atoms with Gasteiger partial charge in [-0.15, -0.1) is 0 Å². The first-order valence-electron chi connectivity index (χ1n) is 6.21. The summed E-state index contributed by atoms with van der Waals surface area (Å²) < 4.78 is 4.92. The number of hydrogen-bond acceptors (Lipinski definition) is 5. The topological polar surface area (TPSA) is 105 Å². The average Bonchev–Trinajstić information content (AvgIpc) is 2.71. The summed E-state index contributed by atoms with van der Waals surface area (Å²) in [6, 6.07) is -0.849. The Morgan fingerprint density at radius 2 is 2.11 bits per heavy atom. The monoisotopic (exact) mass is 269 g/mol. The largest absolute Gasteiger partial charge is 0.480 e. The number of nitrogens with one attached hydrogen (secondary N) is 1.